The lowest BCUT2D eigenvalue weighted by atomic mass is 9.97. The monoisotopic (exact) mass is 310 g/mol. The van der Waals surface area contributed by atoms with Gasteiger partial charge in [0, 0.05) is 11.6 Å². The number of nitrogens with one attached hydrogen (secondary N) is 2. The van der Waals surface area contributed by atoms with E-state index in [1.165, 1.54) is 12.3 Å². The Morgan fingerprint density at radius 3 is 2.78 bits per heavy atom. The van der Waals surface area contributed by atoms with Crippen molar-refractivity contribution < 1.29 is 14.1 Å². The first kappa shape index (κ1) is 13.3. The number of benzene rings is 1. The fourth-order valence-electron chi connectivity index (χ4n) is 2.82. The first-order chi connectivity index (χ1) is 11.2. The summed E-state index contributed by atoms with van der Waals surface area (Å²) in [6, 6.07) is 9.10. The summed E-state index contributed by atoms with van der Waals surface area (Å²) < 4.78 is 5.36. The maximum atomic E-state index is 12.1. The van der Waals surface area contributed by atoms with Crippen molar-refractivity contribution in [2.24, 2.45) is 0 Å². The number of hydrogen-bond acceptors (Lipinski definition) is 5. The fraction of sp³-hybridized carbons (Fsp3) is 0.0667. The standard InChI is InChI=1S/C15H10N4O4/c20-15-14-11(13(17-18-14)10-6-3-7-23-10)12(16-15)8-4-1-2-5-9(8)19(21)22/h1-7,12H,(H,16,20)(H,17,18)/t12-/m1/s1. The third-order valence-electron chi connectivity index (χ3n) is 3.80. The molecule has 0 bridgehead atoms. The van der Waals surface area contributed by atoms with Crippen LogP contribution in [0.1, 0.15) is 27.7 Å². The van der Waals surface area contributed by atoms with E-state index in [1.54, 1.807) is 30.3 Å². The van der Waals surface area contributed by atoms with Crippen molar-refractivity contribution in [2.45, 2.75) is 6.04 Å². The van der Waals surface area contributed by atoms with Gasteiger partial charge in [0.1, 0.15) is 5.69 Å². The van der Waals surface area contributed by atoms with Gasteiger partial charge >= 0.3 is 0 Å². The topological polar surface area (TPSA) is 114 Å². The van der Waals surface area contributed by atoms with Crippen LogP contribution in [-0.2, 0) is 0 Å². The Balaban J connectivity index is 1.91. The molecule has 3 aromatic rings. The minimum Gasteiger partial charge on any atom is -0.463 e. The Morgan fingerprint density at radius 2 is 2.04 bits per heavy atom. The zero-order valence-corrected chi connectivity index (χ0v) is 11.6. The van der Waals surface area contributed by atoms with Crippen LogP contribution < -0.4 is 5.32 Å². The van der Waals surface area contributed by atoms with Gasteiger partial charge in [0.15, 0.2) is 11.5 Å². The molecule has 4 rings (SSSR count). The second-order valence-electron chi connectivity index (χ2n) is 5.06. The van der Waals surface area contributed by atoms with Crippen LogP contribution in [0.2, 0.25) is 0 Å². The van der Waals surface area contributed by atoms with Crippen molar-refractivity contribution in [1.29, 1.82) is 0 Å². The molecule has 0 radical (unpaired) electrons. The van der Waals surface area contributed by atoms with Crippen LogP contribution in [0.3, 0.4) is 0 Å². The quantitative estimate of drug-likeness (QED) is 0.569. The number of H-pyrrole nitrogens is 1. The van der Waals surface area contributed by atoms with Crippen molar-refractivity contribution in [3.63, 3.8) is 0 Å². The molecule has 8 heteroatoms. The average Bonchev–Trinajstić information content (AvgIpc) is 3.25. The molecule has 1 aliphatic rings. The molecule has 0 spiro atoms. The summed E-state index contributed by atoms with van der Waals surface area (Å²) >= 11 is 0. The number of hydrogen-bond donors (Lipinski definition) is 2. The van der Waals surface area contributed by atoms with E-state index in [1.807, 2.05) is 0 Å². The highest BCUT2D eigenvalue weighted by Gasteiger charge is 2.39. The number of fused-ring (bicyclic) bond motifs is 1. The number of furan rings is 1. The Hall–Kier alpha value is -3.42. The van der Waals surface area contributed by atoms with E-state index >= 15 is 0 Å². The summed E-state index contributed by atoms with van der Waals surface area (Å²) in [4.78, 5) is 22.9. The van der Waals surface area contributed by atoms with Gasteiger partial charge in [0.2, 0.25) is 0 Å². The third-order valence-corrected chi connectivity index (χ3v) is 3.80. The summed E-state index contributed by atoms with van der Waals surface area (Å²) in [5.74, 6) is 0.135. The Labute approximate surface area is 129 Å². The maximum absolute atomic E-state index is 12.1. The van der Waals surface area contributed by atoms with Crippen LogP contribution in [0.25, 0.3) is 11.5 Å². The van der Waals surface area contributed by atoms with Gasteiger partial charge < -0.3 is 9.73 Å². The summed E-state index contributed by atoms with van der Waals surface area (Å²) in [7, 11) is 0. The molecule has 0 saturated heterocycles. The molecule has 0 fully saturated rings. The molecule has 2 N–H and O–H groups in total. The van der Waals surface area contributed by atoms with E-state index in [4.69, 9.17) is 4.42 Å². The molecule has 114 valence electrons. The molecule has 1 amide bonds. The van der Waals surface area contributed by atoms with E-state index in [-0.39, 0.29) is 17.3 Å². The van der Waals surface area contributed by atoms with Crippen LogP contribution in [0.4, 0.5) is 5.69 Å². The van der Waals surface area contributed by atoms with Crippen molar-refractivity contribution in [2.75, 3.05) is 0 Å². The van der Waals surface area contributed by atoms with Crippen LogP contribution in [0.15, 0.2) is 47.1 Å². The molecule has 1 aliphatic heterocycles. The average molecular weight is 310 g/mol. The Bertz CT molecular complexity index is 913. The Kier molecular flexibility index (Phi) is 2.77. The summed E-state index contributed by atoms with van der Waals surface area (Å²) in [5.41, 5.74) is 1.65. The molecule has 1 aromatic carbocycles. The number of aromatic amines is 1. The van der Waals surface area contributed by atoms with E-state index < -0.39 is 11.0 Å². The highest BCUT2D eigenvalue weighted by molar-refractivity contribution is 6.00. The number of aromatic nitrogens is 2. The lowest BCUT2D eigenvalue weighted by Gasteiger charge is -2.13. The second kappa shape index (κ2) is 4.80. The van der Waals surface area contributed by atoms with Gasteiger partial charge in [-0.15, -0.1) is 0 Å². The number of nitro benzene ring substituents is 1. The number of para-hydroxylation sites is 1. The molecule has 8 nitrogen and oxygen atoms in total. The van der Waals surface area contributed by atoms with Gasteiger partial charge in [-0.05, 0) is 18.2 Å². The first-order valence-corrected chi connectivity index (χ1v) is 6.83. The van der Waals surface area contributed by atoms with E-state index in [9.17, 15) is 14.9 Å². The molecule has 0 saturated carbocycles. The van der Waals surface area contributed by atoms with Crippen molar-refractivity contribution >= 4 is 11.6 Å². The summed E-state index contributed by atoms with van der Waals surface area (Å²) in [5, 5.41) is 20.8. The predicted molar refractivity (Wildman–Crippen MR) is 78.7 cm³/mol. The predicted octanol–water partition coefficient (Wildman–Crippen LogP) is 2.41. The number of rotatable bonds is 3. The van der Waals surface area contributed by atoms with E-state index in [0.29, 0.717) is 22.6 Å². The lowest BCUT2D eigenvalue weighted by molar-refractivity contribution is -0.385. The van der Waals surface area contributed by atoms with Crippen molar-refractivity contribution in [1.82, 2.24) is 15.5 Å². The van der Waals surface area contributed by atoms with Gasteiger partial charge in [-0.2, -0.15) is 5.10 Å². The normalized spacial score (nSPS) is 16.2. The van der Waals surface area contributed by atoms with E-state index in [0.717, 1.165) is 0 Å². The first-order valence-electron chi connectivity index (χ1n) is 6.83. The van der Waals surface area contributed by atoms with Crippen molar-refractivity contribution in [3.05, 3.63) is 69.6 Å². The molecule has 1 atom stereocenters. The van der Waals surface area contributed by atoms with Crippen LogP contribution in [0.5, 0.6) is 0 Å². The van der Waals surface area contributed by atoms with Gasteiger partial charge in [-0.1, -0.05) is 12.1 Å². The second-order valence-corrected chi connectivity index (χ2v) is 5.06. The zero-order valence-electron chi connectivity index (χ0n) is 11.6. The van der Waals surface area contributed by atoms with Gasteiger partial charge in [0.25, 0.3) is 11.6 Å². The molecule has 0 unspecified atom stereocenters. The number of carbonyl (C=O) groups is 1. The number of nitrogens with zero attached hydrogens (tertiary/aromatic N) is 2. The van der Waals surface area contributed by atoms with Crippen LogP contribution in [0, 0.1) is 10.1 Å². The smallest absolute Gasteiger partial charge is 0.275 e. The fourth-order valence-corrected chi connectivity index (χ4v) is 2.82. The lowest BCUT2D eigenvalue weighted by Crippen LogP contribution is -2.21. The highest BCUT2D eigenvalue weighted by atomic mass is 16.6. The van der Waals surface area contributed by atoms with Crippen LogP contribution >= 0.6 is 0 Å². The minimum absolute atomic E-state index is 0.0581. The molecule has 23 heavy (non-hydrogen) atoms. The number of nitro groups is 1. The third kappa shape index (κ3) is 1.92. The zero-order chi connectivity index (χ0) is 16.0. The molecule has 3 heterocycles. The van der Waals surface area contributed by atoms with Crippen molar-refractivity contribution in [3.8, 4) is 11.5 Å². The van der Waals surface area contributed by atoms with Gasteiger partial charge in [-0.25, -0.2) is 0 Å². The molecule has 2 aromatic heterocycles. The maximum Gasteiger partial charge on any atom is 0.275 e. The summed E-state index contributed by atoms with van der Waals surface area (Å²) in [6.45, 7) is 0. The molecule has 0 aliphatic carbocycles. The van der Waals surface area contributed by atoms with Crippen LogP contribution in [-0.4, -0.2) is 21.0 Å². The largest absolute Gasteiger partial charge is 0.463 e. The molecular weight excluding hydrogens is 300 g/mol. The van der Waals surface area contributed by atoms with Gasteiger partial charge in [0.05, 0.1) is 22.8 Å². The van der Waals surface area contributed by atoms with E-state index in [2.05, 4.69) is 15.5 Å². The number of carbonyl (C=O) groups excluding carboxylic acids is 1. The number of amides is 1. The Morgan fingerprint density at radius 1 is 1.22 bits per heavy atom. The highest BCUT2D eigenvalue weighted by Crippen LogP contribution is 2.39. The summed E-state index contributed by atoms with van der Waals surface area (Å²) in [6.07, 6.45) is 1.51. The molecular formula is C15H10N4O4. The minimum atomic E-state index is -0.655. The van der Waals surface area contributed by atoms with Gasteiger partial charge in [-0.3, -0.25) is 20.0 Å². The SMILES string of the molecule is O=C1N[C@H](c2ccccc2[N+](=O)[O-])c2c1n[nH]c2-c1ccco1.